The molecule has 3 rings (SSSR count). The lowest BCUT2D eigenvalue weighted by Crippen LogP contribution is -2.16. The predicted molar refractivity (Wildman–Crippen MR) is 134 cm³/mol. The van der Waals surface area contributed by atoms with Crippen molar-refractivity contribution in [3.05, 3.63) is 66.0 Å². The summed E-state index contributed by atoms with van der Waals surface area (Å²) in [5, 5.41) is 12.1. The largest absolute Gasteiger partial charge is 0.497 e. The maximum absolute atomic E-state index is 12.6. The molecule has 0 spiro atoms. The maximum Gasteiger partial charge on any atom is 0.234 e. The molecule has 9 heteroatoms. The number of benzene rings is 2. The first-order valence-corrected chi connectivity index (χ1v) is 11.8. The highest BCUT2D eigenvalue weighted by molar-refractivity contribution is 7.99. The van der Waals surface area contributed by atoms with E-state index in [9.17, 15) is 4.79 Å². The molecule has 0 fully saturated rings. The molecular formula is C25H30N4O4S. The van der Waals surface area contributed by atoms with E-state index in [0.29, 0.717) is 34.7 Å². The zero-order valence-corrected chi connectivity index (χ0v) is 20.9. The van der Waals surface area contributed by atoms with Crippen LogP contribution in [-0.4, -0.2) is 40.6 Å². The molecule has 2 aromatic carbocycles. The van der Waals surface area contributed by atoms with Gasteiger partial charge in [-0.1, -0.05) is 35.5 Å². The first-order valence-electron chi connectivity index (χ1n) is 10.8. The van der Waals surface area contributed by atoms with Crippen molar-refractivity contribution in [2.45, 2.75) is 38.6 Å². The van der Waals surface area contributed by atoms with Gasteiger partial charge in [-0.3, -0.25) is 9.36 Å². The minimum absolute atomic E-state index is 0.150. The Morgan fingerprint density at radius 3 is 2.62 bits per heavy atom. The van der Waals surface area contributed by atoms with Crippen LogP contribution in [0.2, 0.25) is 0 Å². The third-order valence-corrected chi connectivity index (χ3v) is 6.04. The number of hydrogen-bond donors (Lipinski definition) is 1. The van der Waals surface area contributed by atoms with Gasteiger partial charge >= 0.3 is 0 Å². The zero-order valence-electron chi connectivity index (χ0n) is 20.1. The zero-order chi connectivity index (χ0) is 24.7. The van der Waals surface area contributed by atoms with E-state index in [1.807, 2.05) is 37.5 Å². The van der Waals surface area contributed by atoms with Crippen molar-refractivity contribution >= 4 is 23.4 Å². The van der Waals surface area contributed by atoms with E-state index in [2.05, 4.69) is 28.2 Å². The highest BCUT2D eigenvalue weighted by atomic mass is 32.2. The SMILES string of the molecule is C=CCn1c(SCC(=O)Nc2ccc(OC)cc2OC)nnc1C(C)Oc1ccc(C)cc1C. The number of carbonyl (C=O) groups is 1. The molecule has 1 unspecified atom stereocenters. The number of methoxy groups -OCH3 is 2. The van der Waals surface area contributed by atoms with E-state index in [-0.39, 0.29) is 17.8 Å². The molecule has 1 atom stereocenters. The monoisotopic (exact) mass is 482 g/mol. The van der Waals surface area contributed by atoms with Crippen molar-refractivity contribution in [1.29, 1.82) is 0 Å². The van der Waals surface area contributed by atoms with Gasteiger partial charge in [0.2, 0.25) is 5.91 Å². The van der Waals surface area contributed by atoms with Gasteiger partial charge in [-0.25, -0.2) is 0 Å². The quantitative estimate of drug-likeness (QED) is 0.305. The molecule has 1 heterocycles. The molecule has 8 nitrogen and oxygen atoms in total. The Morgan fingerprint density at radius 1 is 1.15 bits per heavy atom. The fourth-order valence-electron chi connectivity index (χ4n) is 3.40. The number of anilines is 1. The van der Waals surface area contributed by atoms with Crippen LogP contribution in [0.5, 0.6) is 17.2 Å². The van der Waals surface area contributed by atoms with Gasteiger partial charge in [0.05, 0.1) is 25.7 Å². The molecule has 1 N–H and O–H groups in total. The van der Waals surface area contributed by atoms with E-state index in [1.165, 1.54) is 17.3 Å². The number of hydrogen-bond acceptors (Lipinski definition) is 7. The molecule has 0 aliphatic rings. The van der Waals surface area contributed by atoms with Crippen molar-refractivity contribution in [3.63, 3.8) is 0 Å². The number of amides is 1. The lowest BCUT2D eigenvalue weighted by molar-refractivity contribution is -0.113. The Balaban J connectivity index is 1.69. The second kappa shape index (κ2) is 11.6. The summed E-state index contributed by atoms with van der Waals surface area (Å²) in [5.41, 5.74) is 2.80. The van der Waals surface area contributed by atoms with E-state index in [1.54, 1.807) is 38.5 Å². The number of rotatable bonds is 11. The van der Waals surface area contributed by atoms with Gasteiger partial charge in [-0.05, 0) is 44.5 Å². The number of nitrogens with one attached hydrogen (secondary N) is 1. The number of nitrogens with zero attached hydrogens (tertiary/aromatic N) is 3. The average Bonchev–Trinajstić information content (AvgIpc) is 3.22. The van der Waals surface area contributed by atoms with Crippen LogP contribution >= 0.6 is 11.8 Å². The molecule has 180 valence electrons. The predicted octanol–water partition coefficient (Wildman–Crippen LogP) is 4.97. The van der Waals surface area contributed by atoms with Crippen molar-refractivity contribution in [3.8, 4) is 17.2 Å². The van der Waals surface area contributed by atoms with Gasteiger partial charge in [-0.15, -0.1) is 16.8 Å². The molecular weight excluding hydrogens is 452 g/mol. The first kappa shape index (κ1) is 25.2. The molecule has 0 bridgehead atoms. The Kier molecular flexibility index (Phi) is 8.59. The summed E-state index contributed by atoms with van der Waals surface area (Å²) >= 11 is 1.29. The van der Waals surface area contributed by atoms with Crippen LogP contribution in [0.4, 0.5) is 5.69 Å². The van der Waals surface area contributed by atoms with E-state index in [4.69, 9.17) is 14.2 Å². The number of ether oxygens (including phenoxy) is 3. The molecule has 34 heavy (non-hydrogen) atoms. The molecule has 3 aromatic rings. The molecule has 0 aliphatic carbocycles. The Labute approximate surface area is 204 Å². The standard InChI is InChI=1S/C25H30N4O4S/c1-7-12-29-24(18(4)33-21-11-8-16(2)13-17(21)3)27-28-25(29)34-15-23(30)26-20-10-9-19(31-5)14-22(20)32-6/h7-11,13-14,18H,1,12,15H2,2-6H3,(H,26,30). The molecule has 1 aromatic heterocycles. The van der Waals surface area contributed by atoms with Crippen molar-refractivity contribution in [2.24, 2.45) is 0 Å². The summed E-state index contributed by atoms with van der Waals surface area (Å²) in [6.45, 7) is 10.3. The number of carbonyl (C=O) groups excluding carboxylic acids is 1. The van der Waals surface area contributed by atoms with Crippen molar-refractivity contribution < 1.29 is 19.0 Å². The van der Waals surface area contributed by atoms with Crippen LogP contribution in [0.15, 0.2) is 54.2 Å². The van der Waals surface area contributed by atoms with Crippen LogP contribution in [0.1, 0.15) is 30.0 Å². The van der Waals surface area contributed by atoms with Gasteiger partial charge in [0.25, 0.3) is 0 Å². The summed E-state index contributed by atoms with van der Waals surface area (Å²) < 4.78 is 18.6. The second-order valence-corrected chi connectivity index (χ2v) is 8.61. The van der Waals surface area contributed by atoms with Crippen LogP contribution in [0.25, 0.3) is 0 Å². The van der Waals surface area contributed by atoms with Gasteiger partial charge in [0, 0.05) is 12.6 Å². The van der Waals surface area contributed by atoms with E-state index in [0.717, 1.165) is 11.3 Å². The van der Waals surface area contributed by atoms with Gasteiger partial charge < -0.3 is 19.5 Å². The van der Waals surface area contributed by atoms with Crippen LogP contribution in [0.3, 0.4) is 0 Å². The minimum atomic E-state index is -0.333. The van der Waals surface area contributed by atoms with Gasteiger partial charge in [0.1, 0.15) is 17.2 Å². The lowest BCUT2D eigenvalue weighted by Gasteiger charge is -2.17. The molecule has 0 radical (unpaired) electrons. The molecule has 1 amide bonds. The van der Waals surface area contributed by atoms with Crippen molar-refractivity contribution in [1.82, 2.24) is 14.8 Å². The Morgan fingerprint density at radius 2 is 1.94 bits per heavy atom. The third-order valence-electron chi connectivity index (χ3n) is 5.07. The fourth-order valence-corrected chi connectivity index (χ4v) is 4.16. The summed E-state index contributed by atoms with van der Waals surface area (Å²) in [7, 11) is 3.12. The first-order chi connectivity index (χ1) is 16.4. The summed E-state index contributed by atoms with van der Waals surface area (Å²) in [5.74, 6) is 2.59. The molecule has 0 saturated carbocycles. The molecule has 0 aliphatic heterocycles. The third kappa shape index (κ3) is 6.11. The highest BCUT2D eigenvalue weighted by Gasteiger charge is 2.20. The van der Waals surface area contributed by atoms with Crippen LogP contribution < -0.4 is 19.5 Å². The number of thioether (sulfide) groups is 1. The maximum atomic E-state index is 12.6. The highest BCUT2D eigenvalue weighted by Crippen LogP contribution is 2.30. The van der Waals surface area contributed by atoms with Gasteiger partial charge in [-0.2, -0.15) is 0 Å². The topological polar surface area (TPSA) is 87.5 Å². The summed E-state index contributed by atoms with van der Waals surface area (Å²) in [6.07, 6.45) is 1.43. The Hall–Kier alpha value is -3.46. The van der Waals surface area contributed by atoms with Crippen LogP contribution in [-0.2, 0) is 11.3 Å². The number of allylic oxidation sites excluding steroid dienone is 1. The molecule has 0 saturated heterocycles. The lowest BCUT2D eigenvalue weighted by atomic mass is 10.1. The van der Waals surface area contributed by atoms with Gasteiger partial charge in [0.15, 0.2) is 17.1 Å². The fraction of sp³-hybridized carbons (Fsp3) is 0.320. The summed E-state index contributed by atoms with van der Waals surface area (Å²) in [6, 6.07) is 11.3. The average molecular weight is 483 g/mol. The van der Waals surface area contributed by atoms with E-state index < -0.39 is 0 Å². The minimum Gasteiger partial charge on any atom is -0.497 e. The number of aryl methyl sites for hydroxylation is 2. The van der Waals surface area contributed by atoms with E-state index >= 15 is 0 Å². The normalized spacial score (nSPS) is 11.6. The van der Waals surface area contributed by atoms with Crippen molar-refractivity contribution in [2.75, 3.05) is 25.3 Å². The smallest absolute Gasteiger partial charge is 0.234 e. The second-order valence-electron chi connectivity index (χ2n) is 7.67. The number of aromatic nitrogens is 3. The summed E-state index contributed by atoms with van der Waals surface area (Å²) in [4.78, 5) is 12.6. The Bertz CT molecular complexity index is 1160. The van der Waals surface area contributed by atoms with Crippen LogP contribution in [0, 0.1) is 13.8 Å².